The fraction of sp³-hybridized carbons (Fsp3) is 0.391. The Morgan fingerprint density at radius 3 is 2.43 bits per heavy atom. The molecule has 0 unspecified atom stereocenters. The Bertz CT molecular complexity index is 783. The van der Waals surface area contributed by atoms with Crippen molar-refractivity contribution >= 4 is 17.6 Å². The Hall–Kier alpha value is -2.66. The molecular formula is C23H29N2O3+. The number of likely N-dealkylation sites (tertiary alicyclic amines) is 1. The van der Waals surface area contributed by atoms with Crippen molar-refractivity contribution in [1.82, 2.24) is 0 Å². The van der Waals surface area contributed by atoms with E-state index in [0.717, 1.165) is 43.6 Å². The Morgan fingerprint density at radius 2 is 1.71 bits per heavy atom. The molecule has 0 spiro atoms. The van der Waals surface area contributed by atoms with E-state index >= 15 is 0 Å². The summed E-state index contributed by atoms with van der Waals surface area (Å²) in [5.74, 6) is -0.0932. The third-order valence-corrected chi connectivity index (χ3v) is 5.25. The minimum Gasteiger partial charge on any atom is -0.466 e. The summed E-state index contributed by atoms with van der Waals surface area (Å²) in [7, 11) is 0. The van der Waals surface area contributed by atoms with Crippen LogP contribution in [0, 0.1) is 5.92 Å². The van der Waals surface area contributed by atoms with Crippen molar-refractivity contribution in [3.8, 4) is 0 Å². The first-order valence-electron chi connectivity index (χ1n) is 10.1. The number of piperidine rings is 1. The molecule has 0 aliphatic carbocycles. The Morgan fingerprint density at radius 1 is 1.04 bits per heavy atom. The number of anilines is 1. The van der Waals surface area contributed by atoms with Crippen molar-refractivity contribution in [2.75, 3.05) is 31.6 Å². The number of hydrogen-bond acceptors (Lipinski definition) is 3. The van der Waals surface area contributed by atoms with Gasteiger partial charge in [0.15, 0.2) is 6.54 Å². The maximum atomic E-state index is 12.6. The van der Waals surface area contributed by atoms with Crippen LogP contribution in [0.4, 0.5) is 5.69 Å². The molecule has 1 aliphatic rings. The quantitative estimate of drug-likeness (QED) is 0.722. The van der Waals surface area contributed by atoms with Crippen molar-refractivity contribution in [2.24, 2.45) is 5.92 Å². The average Bonchev–Trinajstić information content (AvgIpc) is 2.71. The molecule has 1 fully saturated rings. The van der Waals surface area contributed by atoms with Gasteiger partial charge in [-0.1, -0.05) is 48.5 Å². The molecule has 1 aliphatic heterocycles. The Kier molecular flexibility index (Phi) is 7.20. The van der Waals surface area contributed by atoms with Gasteiger partial charge >= 0.3 is 5.97 Å². The lowest BCUT2D eigenvalue weighted by molar-refractivity contribution is -0.897. The van der Waals surface area contributed by atoms with E-state index < -0.39 is 0 Å². The highest BCUT2D eigenvalue weighted by Crippen LogP contribution is 2.19. The first kappa shape index (κ1) is 20.1. The van der Waals surface area contributed by atoms with Gasteiger partial charge in [0, 0.05) is 18.5 Å². The van der Waals surface area contributed by atoms with Crippen LogP contribution < -0.4 is 10.2 Å². The Labute approximate surface area is 166 Å². The van der Waals surface area contributed by atoms with E-state index in [4.69, 9.17) is 4.74 Å². The fourth-order valence-electron chi connectivity index (χ4n) is 3.73. The molecule has 1 saturated heterocycles. The second-order valence-corrected chi connectivity index (χ2v) is 7.32. The monoisotopic (exact) mass is 381 g/mol. The number of quaternary nitrogens is 1. The number of amides is 1. The zero-order valence-electron chi connectivity index (χ0n) is 16.4. The van der Waals surface area contributed by atoms with Crippen LogP contribution in [0.5, 0.6) is 0 Å². The maximum Gasteiger partial charge on any atom is 0.309 e. The predicted octanol–water partition coefficient (Wildman–Crippen LogP) is 2.07. The lowest BCUT2D eigenvalue weighted by Gasteiger charge is -2.27. The van der Waals surface area contributed by atoms with E-state index in [1.54, 1.807) is 0 Å². The molecule has 5 heteroatoms. The molecule has 2 aromatic carbocycles. The van der Waals surface area contributed by atoms with Gasteiger partial charge in [0.25, 0.3) is 5.91 Å². The normalized spacial score (nSPS) is 19.0. The molecule has 0 bridgehead atoms. The SMILES string of the molecule is CCOC(=O)C1CC[NH+](CC(=O)Nc2ccccc2Cc2ccccc2)CC1. The zero-order valence-corrected chi connectivity index (χ0v) is 16.4. The van der Waals surface area contributed by atoms with Gasteiger partial charge in [-0.3, -0.25) is 9.59 Å². The molecule has 5 nitrogen and oxygen atoms in total. The van der Waals surface area contributed by atoms with Gasteiger partial charge < -0.3 is 15.0 Å². The fourth-order valence-corrected chi connectivity index (χ4v) is 3.73. The molecule has 0 atom stereocenters. The van der Waals surface area contributed by atoms with E-state index in [0.29, 0.717) is 13.2 Å². The van der Waals surface area contributed by atoms with Gasteiger partial charge in [-0.25, -0.2) is 0 Å². The summed E-state index contributed by atoms with van der Waals surface area (Å²) in [5.41, 5.74) is 3.20. The summed E-state index contributed by atoms with van der Waals surface area (Å²) in [6.07, 6.45) is 2.35. The van der Waals surface area contributed by atoms with Gasteiger partial charge in [0.2, 0.25) is 0 Å². The van der Waals surface area contributed by atoms with Crippen molar-refractivity contribution in [3.63, 3.8) is 0 Å². The lowest BCUT2D eigenvalue weighted by Crippen LogP contribution is -3.14. The van der Waals surface area contributed by atoms with E-state index in [1.807, 2.05) is 43.3 Å². The number of benzene rings is 2. The first-order chi connectivity index (χ1) is 13.7. The minimum absolute atomic E-state index is 0.0154. The van der Waals surface area contributed by atoms with Crippen LogP contribution in [0.2, 0.25) is 0 Å². The van der Waals surface area contributed by atoms with Gasteiger partial charge in [0.1, 0.15) is 0 Å². The zero-order chi connectivity index (χ0) is 19.8. The summed E-state index contributed by atoms with van der Waals surface area (Å²) in [4.78, 5) is 25.6. The molecule has 1 amide bonds. The molecular weight excluding hydrogens is 352 g/mol. The molecule has 2 N–H and O–H groups in total. The molecule has 148 valence electrons. The highest BCUT2D eigenvalue weighted by Gasteiger charge is 2.29. The maximum absolute atomic E-state index is 12.6. The molecule has 3 rings (SSSR count). The van der Waals surface area contributed by atoms with Crippen LogP contribution in [0.3, 0.4) is 0 Å². The molecule has 0 saturated carbocycles. The number of carbonyl (C=O) groups excluding carboxylic acids is 2. The van der Waals surface area contributed by atoms with E-state index in [1.165, 1.54) is 10.5 Å². The number of para-hydroxylation sites is 1. The Balaban J connectivity index is 1.52. The standard InChI is InChI=1S/C23H28N2O3/c1-2-28-23(27)19-12-14-25(15-13-19)17-22(26)24-21-11-7-6-10-20(21)16-18-8-4-3-5-9-18/h3-11,19H,2,12-17H2,1H3,(H,24,26)/p+1. The topological polar surface area (TPSA) is 59.8 Å². The summed E-state index contributed by atoms with van der Waals surface area (Å²) >= 11 is 0. The third kappa shape index (κ3) is 5.67. The van der Waals surface area contributed by atoms with Gasteiger partial charge in [-0.15, -0.1) is 0 Å². The van der Waals surface area contributed by atoms with Gasteiger partial charge in [0.05, 0.1) is 25.6 Å². The average molecular weight is 381 g/mol. The number of rotatable bonds is 7. The number of carbonyl (C=O) groups is 2. The lowest BCUT2D eigenvalue weighted by atomic mass is 9.97. The number of hydrogen-bond donors (Lipinski definition) is 2. The summed E-state index contributed by atoms with van der Waals surface area (Å²) < 4.78 is 5.11. The third-order valence-electron chi connectivity index (χ3n) is 5.25. The van der Waals surface area contributed by atoms with E-state index in [9.17, 15) is 9.59 Å². The van der Waals surface area contributed by atoms with Crippen molar-refractivity contribution in [1.29, 1.82) is 0 Å². The van der Waals surface area contributed by atoms with E-state index in [-0.39, 0.29) is 17.8 Å². The minimum atomic E-state index is -0.0964. The number of ether oxygens (including phenoxy) is 1. The smallest absolute Gasteiger partial charge is 0.309 e. The second-order valence-electron chi connectivity index (χ2n) is 7.32. The second kappa shape index (κ2) is 10.0. The van der Waals surface area contributed by atoms with Crippen molar-refractivity contribution in [2.45, 2.75) is 26.2 Å². The van der Waals surface area contributed by atoms with Crippen molar-refractivity contribution in [3.05, 3.63) is 65.7 Å². The number of esters is 1. The molecule has 0 aromatic heterocycles. The van der Waals surface area contributed by atoms with Crippen LogP contribution in [0.1, 0.15) is 30.9 Å². The summed E-state index contributed by atoms with van der Waals surface area (Å²) in [6.45, 7) is 4.33. The molecule has 2 aromatic rings. The number of nitrogens with one attached hydrogen (secondary N) is 2. The van der Waals surface area contributed by atoms with Crippen molar-refractivity contribution < 1.29 is 19.2 Å². The van der Waals surface area contributed by atoms with Crippen LogP contribution in [-0.4, -0.2) is 38.1 Å². The van der Waals surface area contributed by atoms with E-state index in [2.05, 4.69) is 23.5 Å². The molecule has 1 heterocycles. The van der Waals surface area contributed by atoms with Crippen LogP contribution in [0.15, 0.2) is 54.6 Å². The van der Waals surface area contributed by atoms with Gasteiger partial charge in [-0.05, 0) is 30.5 Å². The van der Waals surface area contributed by atoms with Gasteiger partial charge in [-0.2, -0.15) is 0 Å². The summed E-state index contributed by atoms with van der Waals surface area (Å²) in [6, 6.07) is 18.2. The summed E-state index contributed by atoms with van der Waals surface area (Å²) in [5, 5.41) is 3.08. The molecule has 0 radical (unpaired) electrons. The highest BCUT2D eigenvalue weighted by molar-refractivity contribution is 5.92. The predicted molar refractivity (Wildman–Crippen MR) is 109 cm³/mol. The van der Waals surface area contributed by atoms with Crippen LogP contribution in [0.25, 0.3) is 0 Å². The molecule has 28 heavy (non-hydrogen) atoms. The highest BCUT2D eigenvalue weighted by atomic mass is 16.5. The first-order valence-corrected chi connectivity index (χ1v) is 10.1. The van der Waals surface area contributed by atoms with Crippen LogP contribution >= 0.6 is 0 Å². The van der Waals surface area contributed by atoms with Crippen LogP contribution in [-0.2, 0) is 20.7 Å². The largest absolute Gasteiger partial charge is 0.466 e.